The van der Waals surface area contributed by atoms with Gasteiger partial charge in [-0.05, 0) is 66.8 Å². The highest BCUT2D eigenvalue weighted by Gasteiger charge is 2.41. The maximum atomic E-state index is 12.7. The predicted molar refractivity (Wildman–Crippen MR) is 123 cm³/mol. The minimum Gasteiger partial charge on any atom is -0.397 e. The summed E-state index contributed by atoms with van der Waals surface area (Å²) in [6, 6.07) is 22.0. The van der Waals surface area contributed by atoms with Gasteiger partial charge in [-0.15, -0.1) is 0 Å². The molecule has 154 valence electrons. The first kappa shape index (κ1) is 19.1. The summed E-state index contributed by atoms with van der Waals surface area (Å²) in [4.78, 5) is 30.1. The first-order valence-corrected chi connectivity index (χ1v) is 10.3. The number of rotatable bonds is 5. The van der Waals surface area contributed by atoms with Crippen LogP contribution in [-0.2, 0) is 4.79 Å². The van der Waals surface area contributed by atoms with Crippen LogP contribution < -0.4 is 16.4 Å². The number of carbonyl (C=O) groups excluding carboxylic acids is 2. The van der Waals surface area contributed by atoms with Crippen molar-refractivity contribution in [1.82, 2.24) is 0 Å². The molecule has 1 saturated carbocycles. The van der Waals surface area contributed by atoms with Crippen molar-refractivity contribution in [2.75, 3.05) is 16.4 Å². The monoisotopic (exact) mass is 410 g/mol. The molecule has 5 rings (SSSR count). The summed E-state index contributed by atoms with van der Waals surface area (Å²) < 4.78 is 0. The molecule has 31 heavy (non-hydrogen) atoms. The Hall–Kier alpha value is -3.93. The van der Waals surface area contributed by atoms with Crippen LogP contribution in [0.1, 0.15) is 34.7 Å². The van der Waals surface area contributed by atoms with Crippen molar-refractivity contribution >= 4 is 40.3 Å². The first-order valence-electron chi connectivity index (χ1n) is 10.3. The fraction of sp³-hybridized carbons (Fsp3) is 0.160. The summed E-state index contributed by atoms with van der Waals surface area (Å²) in [5.41, 5.74) is 11.0. The molecule has 6 heteroatoms. The molecule has 4 N–H and O–H groups in total. The Bertz CT molecular complexity index is 1200. The van der Waals surface area contributed by atoms with Crippen molar-refractivity contribution in [1.29, 1.82) is 0 Å². The molecule has 1 unspecified atom stereocenters. The Morgan fingerprint density at radius 3 is 2.42 bits per heavy atom. The molecule has 1 aliphatic heterocycles. The molecule has 1 fully saturated rings. The number of hydrogen-bond donors (Lipinski definition) is 3. The van der Waals surface area contributed by atoms with Crippen molar-refractivity contribution in [3.63, 3.8) is 0 Å². The number of para-hydroxylation sites is 3. The molecule has 3 aromatic rings. The van der Waals surface area contributed by atoms with Crippen molar-refractivity contribution < 1.29 is 9.59 Å². The van der Waals surface area contributed by atoms with E-state index in [0.717, 1.165) is 35.5 Å². The van der Waals surface area contributed by atoms with Gasteiger partial charge in [0.1, 0.15) is 5.92 Å². The molecule has 3 aromatic carbocycles. The van der Waals surface area contributed by atoms with E-state index in [1.807, 2.05) is 48.5 Å². The standard InChI is InChI=1S/C25H22N4O2/c26-19-6-2-4-8-21(19)29-24(30)16-11-13-17(14-12-16)27-23(15-9-10-15)22-18-5-1-3-7-20(18)28-25(22)31/h1-8,11-15,22H,9-10,26H2,(H,28,31)(H,29,30). The highest BCUT2D eigenvalue weighted by Crippen LogP contribution is 2.42. The van der Waals surface area contributed by atoms with Crippen LogP contribution in [0.4, 0.5) is 22.7 Å². The van der Waals surface area contributed by atoms with E-state index in [2.05, 4.69) is 10.6 Å². The van der Waals surface area contributed by atoms with Crippen LogP contribution in [0.5, 0.6) is 0 Å². The van der Waals surface area contributed by atoms with Gasteiger partial charge >= 0.3 is 0 Å². The van der Waals surface area contributed by atoms with E-state index in [0.29, 0.717) is 22.9 Å². The molecule has 2 aliphatic rings. The summed E-state index contributed by atoms with van der Waals surface area (Å²) in [6.07, 6.45) is 2.09. The van der Waals surface area contributed by atoms with Crippen molar-refractivity contribution in [3.8, 4) is 0 Å². The molecule has 1 aliphatic carbocycles. The number of nitrogens with one attached hydrogen (secondary N) is 2. The van der Waals surface area contributed by atoms with Gasteiger partial charge in [0, 0.05) is 17.0 Å². The second-order valence-corrected chi connectivity index (χ2v) is 7.91. The Morgan fingerprint density at radius 1 is 0.968 bits per heavy atom. The van der Waals surface area contributed by atoms with Crippen molar-refractivity contribution in [2.45, 2.75) is 18.8 Å². The van der Waals surface area contributed by atoms with Gasteiger partial charge in [-0.3, -0.25) is 14.6 Å². The van der Waals surface area contributed by atoms with E-state index < -0.39 is 0 Å². The van der Waals surface area contributed by atoms with Crippen molar-refractivity contribution in [3.05, 3.63) is 83.9 Å². The Balaban J connectivity index is 1.39. The number of aliphatic imine (C=N–C) groups is 1. The van der Waals surface area contributed by atoms with Gasteiger partial charge in [-0.1, -0.05) is 30.3 Å². The zero-order chi connectivity index (χ0) is 21.4. The van der Waals surface area contributed by atoms with Gasteiger partial charge in [0.15, 0.2) is 0 Å². The summed E-state index contributed by atoms with van der Waals surface area (Å²) in [5.74, 6) is -0.290. The molecule has 6 nitrogen and oxygen atoms in total. The molecule has 0 spiro atoms. The van der Waals surface area contributed by atoms with E-state index >= 15 is 0 Å². The second-order valence-electron chi connectivity index (χ2n) is 7.91. The molecule has 0 radical (unpaired) electrons. The van der Waals surface area contributed by atoms with Gasteiger partial charge in [-0.25, -0.2) is 0 Å². The number of benzene rings is 3. The van der Waals surface area contributed by atoms with Crippen LogP contribution in [-0.4, -0.2) is 17.5 Å². The van der Waals surface area contributed by atoms with Gasteiger partial charge in [0.25, 0.3) is 5.91 Å². The topological polar surface area (TPSA) is 96.6 Å². The number of amides is 2. The Labute approximate surface area is 180 Å². The first-order chi connectivity index (χ1) is 15.1. The third-order valence-electron chi connectivity index (χ3n) is 5.68. The highest BCUT2D eigenvalue weighted by molar-refractivity contribution is 6.20. The van der Waals surface area contributed by atoms with Crippen LogP contribution in [0.25, 0.3) is 0 Å². The van der Waals surface area contributed by atoms with E-state index in [9.17, 15) is 9.59 Å². The van der Waals surface area contributed by atoms with E-state index in [4.69, 9.17) is 10.7 Å². The SMILES string of the molecule is Nc1ccccc1NC(=O)c1ccc(N=C(C2CC2)C2C(=O)Nc3ccccc32)cc1. The quantitative estimate of drug-likeness (QED) is 0.419. The molecule has 0 bridgehead atoms. The predicted octanol–water partition coefficient (Wildman–Crippen LogP) is 4.74. The molecule has 1 atom stereocenters. The van der Waals surface area contributed by atoms with Gasteiger partial charge in [0.05, 0.1) is 17.1 Å². The van der Waals surface area contributed by atoms with Crippen molar-refractivity contribution in [2.24, 2.45) is 10.9 Å². The average Bonchev–Trinajstić information content (AvgIpc) is 3.56. The Kier molecular flexibility index (Phi) is 4.75. The van der Waals surface area contributed by atoms with Crippen LogP contribution >= 0.6 is 0 Å². The molecule has 1 heterocycles. The van der Waals surface area contributed by atoms with Gasteiger partial charge < -0.3 is 16.4 Å². The van der Waals surface area contributed by atoms with E-state index in [1.54, 1.807) is 24.3 Å². The second kappa shape index (κ2) is 7.72. The third kappa shape index (κ3) is 3.80. The number of hydrogen-bond acceptors (Lipinski definition) is 4. The van der Waals surface area contributed by atoms with E-state index in [-0.39, 0.29) is 17.7 Å². The maximum absolute atomic E-state index is 12.7. The number of fused-ring (bicyclic) bond motifs is 1. The van der Waals surface area contributed by atoms with Crippen LogP contribution in [0.3, 0.4) is 0 Å². The molecular weight excluding hydrogens is 388 g/mol. The number of nitrogens with two attached hydrogens (primary N) is 1. The minimum absolute atomic E-state index is 0.0247. The fourth-order valence-electron chi connectivity index (χ4n) is 3.91. The Morgan fingerprint density at radius 2 is 1.68 bits per heavy atom. The number of carbonyl (C=O) groups is 2. The van der Waals surface area contributed by atoms with Crippen LogP contribution in [0, 0.1) is 5.92 Å². The normalized spacial score (nSPS) is 17.7. The summed E-state index contributed by atoms with van der Waals surface area (Å²) >= 11 is 0. The summed E-state index contributed by atoms with van der Waals surface area (Å²) in [5, 5.41) is 5.79. The molecule has 0 saturated heterocycles. The smallest absolute Gasteiger partial charge is 0.255 e. The lowest BCUT2D eigenvalue weighted by Crippen LogP contribution is -2.22. The summed E-state index contributed by atoms with van der Waals surface area (Å²) in [7, 11) is 0. The highest BCUT2D eigenvalue weighted by atomic mass is 16.2. The van der Waals surface area contributed by atoms with Gasteiger partial charge in [0.2, 0.25) is 5.91 Å². The zero-order valence-electron chi connectivity index (χ0n) is 16.8. The summed E-state index contributed by atoms with van der Waals surface area (Å²) in [6.45, 7) is 0. The third-order valence-corrected chi connectivity index (χ3v) is 5.68. The zero-order valence-corrected chi connectivity index (χ0v) is 16.8. The number of nitrogens with zero attached hydrogens (tertiary/aromatic N) is 1. The fourth-order valence-corrected chi connectivity index (χ4v) is 3.91. The minimum atomic E-state index is -0.354. The average molecular weight is 410 g/mol. The van der Waals surface area contributed by atoms with E-state index in [1.165, 1.54) is 0 Å². The number of anilines is 3. The molecular formula is C25H22N4O2. The lowest BCUT2D eigenvalue weighted by molar-refractivity contribution is -0.115. The molecule has 2 amide bonds. The largest absolute Gasteiger partial charge is 0.397 e. The van der Waals surface area contributed by atoms with Gasteiger partial charge in [-0.2, -0.15) is 0 Å². The maximum Gasteiger partial charge on any atom is 0.255 e. The lowest BCUT2D eigenvalue weighted by Gasteiger charge is -2.13. The lowest BCUT2D eigenvalue weighted by atomic mass is 9.92. The number of nitrogen functional groups attached to an aromatic ring is 1. The molecule has 0 aromatic heterocycles. The van der Waals surface area contributed by atoms with Crippen LogP contribution in [0.15, 0.2) is 77.8 Å². The van der Waals surface area contributed by atoms with Crippen LogP contribution in [0.2, 0.25) is 0 Å².